The van der Waals surface area contributed by atoms with Crippen LogP contribution in [0.25, 0.3) is 0 Å². The Hall–Kier alpha value is -1.22. The molecule has 1 aromatic carbocycles. The molecule has 0 aliphatic carbocycles. The maximum absolute atomic E-state index is 7.14. The summed E-state index contributed by atoms with van der Waals surface area (Å²) in [6, 6.07) is 5.45. The zero-order valence-electron chi connectivity index (χ0n) is 12.8. The largest absolute Gasteiger partial charge is 0.497 e. The normalized spacial score (nSPS) is 21.9. The molecule has 1 aliphatic rings. The van der Waals surface area contributed by atoms with Crippen molar-refractivity contribution in [2.75, 3.05) is 39.5 Å². The fraction of sp³-hybridized carbons (Fsp3) is 0.538. The average Bonchev–Trinajstić information content (AvgIpc) is 2.66. The Balaban J connectivity index is 2.12. The molecule has 0 saturated heterocycles. The molecule has 1 N–H and O–H groups in total. The van der Waals surface area contributed by atoms with Crippen molar-refractivity contribution in [3.63, 3.8) is 0 Å². The summed E-state index contributed by atoms with van der Waals surface area (Å²) in [5.41, 5.74) is 2.24. The molecule has 1 aliphatic heterocycles. The molecule has 0 bridgehead atoms. The molecule has 1 atom stereocenters. The molecule has 3 heteroatoms. The van der Waals surface area contributed by atoms with E-state index in [4.69, 9.17) is 8.85 Å². The van der Waals surface area contributed by atoms with Gasteiger partial charge in [0, 0.05) is 18.2 Å². The van der Waals surface area contributed by atoms with Gasteiger partial charge in [-0.2, -0.15) is 0 Å². The Kier molecular flexibility index (Phi) is 2.36. The van der Waals surface area contributed by atoms with E-state index in [0.29, 0.717) is 11.7 Å². The number of nitrogens with one attached hydrogen (secondary N) is 1. The van der Waals surface area contributed by atoms with Gasteiger partial charge in [-0.05, 0) is 50.8 Å². The lowest BCUT2D eigenvalue weighted by molar-refractivity contribution is 0.385. The highest BCUT2D eigenvalue weighted by Gasteiger charge is 2.22. The number of hydrogen-bond acceptors (Lipinski definition) is 3. The van der Waals surface area contributed by atoms with Gasteiger partial charge in [0.1, 0.15) is 5.75 Å². The van der Waals surface area contributed by atoms with Crippen LogP contribution in [-0.2, 0) is 0 Å². The Morgan fingerprint density at radius 1 is 1.56 bits per heavy atom. The molecular formula is C13H20N2O. The van der Waals surface area contributed by atoms with Crippen molar-refractivity contribution in [3.05, 3.63) is 23.8 Å². The van der Waals surface area contributed by atoms with Crippen LogP contribution in [0, 0.1) is 0 Å². The highest BCUT2D eigenvalue weighted by Crippen LogP contribution is 2.35. The monoisotopic (exact) mass is 223 g/mol. The Bertz CT molecular complexity index is 446. The molecular weight excluding hydrogens is 200 g/mol. The van der Waals surface area contributed by atoms with E-state index in [1.165, 1.54) is 0 Å². The van der Waals surface area contributed by atoms with E-state index in [1.807, 2.05) is 12.1 Å². The van der Waals surface area contributed by atoms with Crippen LogP contribution in [0.1, 0.15) is 22.0 Å². The molecule has 0 aromatic heterocycles. The first-order valence-electron chi connectivity index (χ1n) is 7.07. The Morgan fingerprint density at radius 2 is 2.44 bits per heavy atom. The minimum Gasteiger partial charge on any atom is -0.497 e. The highest BCUT2D eigenvalue weighted by molar-refractivity contribution is 5.60. The first kappa shape index (κ1) is 7.96. The van der Waals surface area contributed by atoms with Crippen molar-refractivity contribution in [1.29, 1.82) is 0 Å². The van der Waals surface area contributed by atoms with Gasteiger partial charge in [-0.3, -0.25) is 0 Å². The maximum Gasteiger partial charge on any atom is 0.119 e. The molecule has 2 rings (SSSR count). The van der Waals surface area contributed by atoms with Crippen LogP contribution in [0.4, 0.5) is 5.69 Å². The number of fused-ring (bicyclic) bond motifs is 1. The van der Waals surface area contributed by atoms with E-state index in [-0.39, 0.29) is 0 Å². The molecule has 1 unspecified atom stereocenters. The van der Waals surface area contributed by atoms with E-state index >= 15 is 0 Å². The summed E-state index contributed by atoms with van der Waals surface area (Å²) in [5.74, 6) is 0.829. The lowest BCUT2D eigenvalue weighted by Crippen LogP contribution is -2.16. The summed E-state index contributed by atoms with van der Waals surface area (Å²) >= 11 is 0. The molecule has 1 heterocycles. The van der Waals surface area contributed by atoms with Crippen molar-refractivity contribution in [3.8, 4) is 5.75 Å². The van der Waals surface area contributed by atoms with Crippen molar-refractivity contribution in [1.82, 2.24) is 4.90 Å². The quantitative estimate of drug-likeness (QED) is 0.846. The van der Waals surface area contributed by atoms with Crippen molar-refractivity contribution < 1.29 is 8.85 Å². The number of hydrogen-bond donors (Lipinski definition) is 1. The van der Waals surface area contributed by atoms with Crippen LogP contribution < -0.4 is 10.1 Å². The van der Waals surface area contributed by atoms with Crippen molar-refractivity contribution >= 4 is 5.69 Å². The average molecular weight is 223 g/mol. The number of methoxy groups -OCH3 is 1. The molecule has 0 saturated carbocycles. The second-order valence-electron chi connectivity index (χ2n) is 4.52. The third-order valence-electron chi connectivity index (χ3n) is 3.04. The number of ether oxygens (including phenoxy) is 1. The molecule has 0 amide bonds. The van der Waals surface area contributed by atoms with Crippen LogP contribution in [-0.4, -0.2) is 39.1 Å². The topological polar surface area (TPSA) is 24.5 Å². The Morgan fingerprint density at radius 3 is 3.19 bits per heavy atom. The minimum atomic E-state index is -2.39. The van der Waals surface area contributed by atoms with E-state index in [1.54, 1.807) is 6.07 Å². The Labute approximate surface area is 102 Å². The van der Waals surface area contributed by atoms with Gasteiger partial charge < -0.3 is 15.0 Å². The van der Waals surface area contributed by atoms with Gasteiger partial charge in [0.05, 0.1) is 11.2 Å². The first-order chi connectivity index (χ1) is 8.85. The van der Waals surface area contributed by atoms with Gasteiger partial charge in [-0.1, -0.05) is 0 Å². The highest BCUT2D eigenvalue weighted by atomic mass is 16.5. The predicted molar refractivity (Wildman–Crippen MR) is 67.4 cm³/mol. The summed E-state index contributed by atoms with van der Waals surface area (Å²) in [6.45, 7) is 1.91. The fourth-order valence-electron chi connectivity index (χ4n) is 2.12. The van der Waals surface area contributed by atoms with Crippen molar-refractivity contribution in [2.45, 2.75) is 12.3 Å². The molecule has 88 valence electrons. The smallest absolute Gasteiger partial charge is 0.119 e. The summed E-state index contributed by atoms with van der Waals surface area (Å²) < 4.78 is 26.4. The third-order valence-corrected chi connectivity index (χ3v) is 3.04. The van der Waals surface area contributed by atoms with Crippen molar-refractivity contribution in [2.24, 2.45) is 0 Å². The molecule has 0 fully saturated rings. The summed E-state index contributed by atoms with van der Waals surface area (Å²) in [4.78, 5) is 2.15. The number of anilines is 1. The second-order valence-corrected chi connectivity index (χ2v) is 4.52. The van der Waals surface area contributed by atoms with Crippen LogP contribution in [0.15, 0.2) is 18.2 Å². The summed E-state index contributed by atoms with van der Waals surface area (Å²) in [6.07, 6.45) is 1.05. The van der Waals surface area contributed by atoms with E-state index in [9.17, 15) is 0 Å². The zero-order valence-corrected chi connectivity index (χ0v) is 9.79. The molecule has 0 spiro atoms. The van der Waals surface area contributed by atoms with Gasteiger partial charge in [0.15, 0.2) is 0 Å². The van der Waals surface area contributed by atoms with E-state index in [2.05, 4.69) is 24.3 Å². The van der Waals surface area contributed by atoms with Crippen LogP contribution in [0.2, 0.25) is 0 Å². The van der Waals surface area contributed by atoms with Gasteiger partial charge >= 0.3 is 0 Å². The van der Waals surface area contributed by atoms with Crippen LogP contribution in [0.3, 0.4) is 0 Å². The van der Waals surface area contributed by atoms with E-state index in [0.717, 1.165) is 30.8 Å². The molecule has 1 aromatic rings. The SMILES string of the molecule is [2H]C([2H])([2H])Oc1ccc2c(c1)C(CCN(C)C)CN2. The maximum atomic E-state index is 7.14. The molecule has 16 heavy (non-hydrogen) atoms. The lowest BCUT2D eigenvalue weighted by Gasteiger charge is -2.14. The standard InChI is InChI=1S/C13H20N2O/c1-15(2)7-6-10-9-14-13-5-4-11(16-3)8-12(10)13/h4-5,8,10,14H,6-7,9H2,1-3H3/i3D3. The van der Waals surface area contributed by atoms with Gasteiger partial charge in [-0.15, -0.1) is 0 Å². The van der Waals surface area contributed by atoms with Crippen LogP contribution >= 0.6 is 0 Å². The number of rotatable bonds is 4. The summed E-state index contributed by atoms with van der Waals surface area (Å²) in [7, 11) is 1.72. The zero-order chi connectivity index (χ0) is 14.0. The summed E-state index contributed by atoms with van der Waals surface area (Å²) in [5, 5.41) is 3.35. The lowest BCUT2D eigenvalue weighted by atomic mass is 9.97. The second kappa shape index (κ2) is 4.74. The van der Waals surface area contributed by atoms with Crippen LogP contribution in [0.5, 0.6) is 5.75 Å². The first-order valence-corrected chi connectivity index (χ1v) is 5.57. The molecule has 3 nitrogen and oxygen atoms in total. The number of nitrogens with zero attached hydrogens (tertiary/aromatic N) is 1. The third kappa shape index (κ3) is 2.30. The predicted octanol–water partition coefficient (Wildman–Crippen LogP) is 2.16. The van der Waals surface area contributed by atoms with Gasteiger partial charge in [0.2, 0.25) is 0 Å². The van der Waals surface area contributed by atoms with Gasteiger partial charge in [0.25, 0.3) is 0 Å². The van der Waals surface area contributed by atoms with E-state index < -0.39 is 7.04 Å². The van der Waals surface area contributed by atoms with Gasteiger partial charge in [-0.25, -0.2) is 0 Å². The minimum absolute atomic E-state index is 0.414. The fourth-order valence-corrected chi connectivity index (χ4v) is 2.12. The number of benzene rings is 1. The molecule has 0 radical (unpaired) electrons.